The van der Waals surface area contributed by atoms with Crippen molar-refractivity contribution in [1.29, 1.82) is 0 Å². The van der Waals surface area contributed by atoms with Gasteiger partial charge >= 0.3 is 0 Å². The number of morpholine rings is 1. The molecule has 4 nitrogen and oxygen atoms in total. The summed E-state index contributed by atoms with van der Waals surface area (Å²) in [5.41, 5.74) is 0. The van der Waals surface area contributed by atoms with Crippen LogP contribution in [0.5, 0.6) is 5.75 Å². The van der Waals surface area contributed by atoms with Crippen molar-refractivity contribution in [2.75, 3.05) is 26.2 Å². The summed E-state index contributed by atoms with van der Waals surface area (Å²) in [6.07, 6.45) is -0.0885. The quantitative estimate of drug-likeness (QED) is 0.856. The number of halogens is 2. The van der Waals surface area contributed by atoms with Crippen LogP contribution in [0.15, 0.2) is 18.2 Å². The summed E-state index contributed by atoms with van der Waals surface area (Å²) in [6.45, 7) is 6.79. The molecule has 1 saturated heterocycles. The van der Waals surface area contributed by atoms with Gasteiger partial charge in [-0.05, 0) is 32.0 Å². The normalized spacial score (nSPS) is 27.4. The number of aliphatic hydroxyl groups excluding tert-OH is 1. The molecule has 118 valence electrons. The van der Waals surface area contributed by atoms with Crippen molar-refractivity contribution >= 4 is 23.2 Å². The van der Waals surface area contributed by atoms with Gasteiger partial charge in [0.2, 0.25) is 0 Å². The van der Waals surface area contributed by atoms with Crippen LogP contribution in [0, 0.1) is 0 Å². The fourth-order valence-electron chi connectivity index (χ4n) is 2.73. The van der Waals surface area contributed by atoms with Crippen LogP contribution in [-0.4, -0.2) is 49.7 Å². The van der Waals surface area contributed by atoms with E-state index in [1.54, 1.807) is 18.2 Å². The third-order valence-electron chi connectivity index (χ3n) is 3.47. The van der Waals surface area contributed by atoms with Gasteiger partial charge in [-0.15, -0.1) is 0 Å². The molecule has 1 aliphatic heterocycles. The predicted molar refractivity (Wildman–Crippen MR) is 83.5 cm³/mol. The van der Waals surface area contributed by atoms with Crippen LogP contribution >= 0.6 is 23.2 Å². The molecular weight excluding hydrogens is 313 g/mol. The molecule has 0 spiro atoms. The number of hydrogen-bond donors (Lipinski definition) is 2. The third kappa shape index (κ3) is 5.31. The molecule has 3 atom stereocenters. The first-order chi connectivity index (χ1) is 9.94. The number of quaternary nitrogens is 1. The Kier molecular flexibility index (Phi) is 6.14. The van der Waals surface area contributed by atoms with Crippen molar-refractivity contribution in [3.63, 3.8) is 0 Å². The highest BCUT2D eigenvalue weighted by Crippen LogP contribution is 2.27. The second kappa shape index (κ2) is 7.65. The SMILES string of the molecule is C[C@@H]1C[NH+](C[C@H](O)COc2ccc(Cl)cc2Cl)C[C@@H](C)O1. The van der Waals surface area contributed by atoms with Crippen molar-refractivity contribution in [2.24, 2.45) is 0 Å². The van der Waals surface area contributed by atoms with E-state index in [0.717, 1.165) is 13.1 Å². The van der Waals surface area contributed by atoms with Gasteiger partial charge in [0.25, 0.3) is 0 Å². The highest BCUT2D eigenvalue weighted by atomic mass is 35.5. The smallest absolute Gasteiger partial charge is 0.138 e. The lowest BCUT2D eigenvalue weighted by Crippen LogP contribution is -3.16. The second-order valence-electron chi connectivity index (χ2n) is 5.66. The second-order valence-corrected chi connectivity index (χ2v) is 6.50. The van der Waals surface area contributed by atoms with Gasteiger partial charge in [0, 0.05) is 5.02 Å². The first-order valence-corrected chi connectivity index (χ1v) is 7.94. The summed E-state index contributed by atoms with van der Waals surface area (Å²) in [5.74, 6) is 0.541. The van der Waals surface area contributed by atoms with Crippen molar-refractivity contribution in [3.8, 4) is 5.75 Å². The Bertz CT molecular complexity index is 462. The molecule has 2 rings (SSSR count). The van der Waals surface area contributed by atoms with E-state index in [0.29, 0.717) is 22.3 Å². The molecule has 1 fully saturated rings. The monoisotopic (exact) mass is 334 g/mol. The third-order valence-corrected chi connectivity index (χ3v) is 4.00. The Balaban J connectivity index is 1.80. The maximum Gasteiger partial charge on any atom is 0.138 e. The van der Waals surface area contributed by atoms with Crippen molar-refractivity contribution in [3.05, 3.63) is 28.2 Å². The maximum absolute atomic E-state index is 10.1. The van der Waals surface area contributed by atoms with Crippen LogP contribution in [0.3, 0.4) is 0 Å². The van der Waals surface area contributed by atoms with E-state index in [-0.39, 0.29) is 18.8 Å². The minimum atomic E-state index is -0.538. The van der Waals surface area contributed by atoms with Gasteiger partial charge in [0.1, 0.15) is 50.3 Å². The average Bonchev–Trinajstić information content (AvgIpc) is 2.36. The highest BCUT2D eigenvalue weighted by molar-refractivity contribution is 6.35. The number of ether oxygens (including phenoxy) is 2. The molecule has 0 saturated carbocycles. The molecule has 0 bridgehead atoms. The molecule has 1 heterocycles. The van der Waals surface area contributed by atoms with E-state index in [1.165, 1.54) is 4.90 Å². The number of aliphatic hydroxyl groups is 1. The molecule has 21 heavy (non-hydrogen) atoms. The molecule has 0 aromatic heterocycles. The van der Waals surface area contributed by atoms with E-state index in [2.05, 4.69) is 13.8 Å². The van der Waals surface area contributed by atoms with E-state index >= 15 is 0 Å². The molecule has 6 heteroatoms. The first-order valence-electron chi connectivity index (χ1n) is 7.19. The Hall–Kier alpha value is -0.520. The lowest BCUT2D eigenvalue weighted by molar-refractivity contribution is -0.918. The van der Waals surface area contributed by atoms with Crippen LogP contribution in [0.25, 0.3) is 0 Å². The van der Waals surface area contributed by atoms with Crippen molar-refractivity contribution in [2.45, 2.75) is 32.2 Å². The van der Waals surface area contributed by atoms with Gasteiger partial charge < -0.3 is 19.5 Å². The summed E-state index contributed by atoms with van der Waals surface area (Å²) in [4.78, 5) is 1.33. The van der Waals surface area contributed by atoms with E-state index in [4.69, 9.17) is 32.7 Å². The molecule has 0 aliphatic carbocycles. The number of benzene rings is 1. The minimum Gasteiger partial charge on any atom is -0.489 e. The van der Waals surface area contributed by atoms with Crippen LogP contribution in [-0.2, 0) is 4.74 Å². The number of nitrogens with one attached hydrogen (secondary N) is 1. The molecule has 0 unspecified atom stereocenters. The zero-order valence-corrected chi connectivity index (χ0v) is 13.8. The fraction of sp³-hybridized carbons (Fsp3) is 0.600. The molecule has 2 N–H and O–H groups in total. The first kappa shape index (κ1) is 16.8. The summed E-state index contributed by atoms with van der Waals surface area (Å²) >= 11 is 11.9. The Morgan fingerprint density at radius 3 is 2.62 bits per heavy atom. The van der Waals surface area contributed by atoms with Crippen LogP contribution in [0.1, 0.15) is 13.8 Å². The van der Waals surface area contributed by atoms with Crippen LogP contribution in [0.2, 0.25) is 10.0 Å². The molecular formula is C15H22Cl2NO3+. The Morgan fingerprint density at radius 2 is 2.00 bits per heavy atom. The fourth-order valence-corrected chi connectivity index (χ4v) is 3.19. The van der Waals surface area contributed by atoms with E-state index < -0.39 is 6.10 Å². The number of rotatable bonds is 5. The van der Waals surface area contributed by atoms with Gasteiger partial charge in [-0.1, -0.05) is 23.2 Å². The Morgan fingerprint density at radius 1 is 1.33 bits per heavy atom. The number of hydrogen-bond acceptors (Lipinski definition) is 3. The van der Waals surface area contributed by atoms with Gasteiger partial charge in [-0.3, -0.25) is 0 Å². The summed E-state index contributed by atoms with van der Waals surface area (Å²) in [5, 5.41) is 11.1. The Labute approximate surface area is 135 Å². The van der Waals surface area contributed by atoms with Crippen LogP contribution in [0.4, 0.5) is 0 Å². The topological polar surface area (TPSA) is 43.1 Å². The lowest BCUT2D eigenvalue weighted by atomic mass is 10.2. The lowest BCUT2D eigenvalue weighted by Gasteiger charge is -2.33. The zero-order valence-electron chi connectivity index (χ0n) is 12.3. The highest BCUT2D eigenvalue weighted by Gasteiger charge is 2.27. The maximum atomic E-state index is 10.1. The molecule has 1 aromatic carbocycles. The zero-order chi connectivity index (χ0) is 15.4. The largest absolute Gasteiger partial charge is 0.489 e. The van der Waals surface area contributed by atoms with E-state index in [9.17, 15) is 5.11 Å². The summed E-state index contributed by atoms with van der Waals surface area (Å²) < 4.78 is 11.3. The van der Waals surface area contributed by atoms with E-state index in [1.807, 2.05) is 0 Å². The van der Waals surface area contributed by atoms with Gasteiger partial charge in [0.05, 0.1) is 5.02 Å². The minimum absolute atomic E-state index is 0.217. The standard InChI is InChI=1S/C15H21Cl2NO3/c1-10-6-18(7-11(2)21-10)8-13(19)9-20-15-4-3-12(16)5-14(15)17/h3-5,10-11,13,19H,6-9H2,1-2H3/p+1/t10-,11-,13+/m1/s1. The van der Waals surface area contributed by atoms with Crippen molar-refractivity contribution < 1.29 is 19.5 Å². The van der Waals surface area contributed by atoms with Gasteiger partial charge in [-0.25, -0.2) is 0 Å². The van der Waals surface area contributed by atoms with Gasteiger partial charge in [0.15, 0.2) is 0 Å². The molecule has 1 aliphatic rings. The summed E-state index contributed by atoms with van der Waals surface area (Å²) in [7, 11) is 0. The molecule has 1 aromatic rings. The summed E-state index contributed by atoms with van der Waals surface area (Å²) in [6, 6.07) is 5.05. The van der Waals surface area contributed by atoms with Gasteiger partial charge in [-0.2, -0.15) is 0 Å². The molecule has 0 radical (unpaired) electrons. The predicted octanol–water partition coefficient (Wildman–Crippen LogP) is 1.43. The molecule has 0 amide bonds. The van der Waals surface area contributed by atoms with Crippen LogP contribution < -0.4 is 9.64 Å². The average molecular weight is 335 g/mol. The van der Waals surface area contributed by atoms with Crippen molar-refractivity contribution in [1.82, 2.24) is 0 Å².